The first-order chi connectivity index (χ1) is 14.5. The lowest BCUT2D eigenvalue weighted by molar-refractivity contribution is 0.376. The number of hydrogen-bond donors (Lipinski definition) is 2. The van der Waals surface area contributed by atoms with E-state index in [-0.39, 0.29) is 26.9 Å². The van der Waals surface area contributed by atoms with Crippen LogP contribution in [0.4, 0.5) is 4.39 Å². The van der Waals surface area contributed by atoms with Crippen molar-refractivity contribution in [1.29, 1.82) is 5.26 Å². The molecule has 0 spiro atoms. The van der Waals surface area contributed by atoms with Gasteiger partial charge in [0.05, 0.1) is 10.5 Å². The van der Waals surface area contributed by atoms with Gasteiger partial charge in [-0.15, -0.1) is 5.10 Å². The van der Waals surface area contributed by atoms with Crippen LogP contribution in [0.25, 0.3) is 0 Å². The molecule has 0 saturated carbocycles. The maximum atomic E-state index is 14.7. The maximum Gasteiger partial charge on any atom is 0.434 e. The molecule has 3 rings (SSSR count). The molecule has 11 heteroatoms. The van der Waals surface area contributed by atoms with Gasteiger partial charge in [0.15, 0.2) is 0 Å². The normalized spacial score (nSPS) is 13.5. The van der Waals surface area contributed by atoms with Crippen LogP contribution in [-0.2, 0) is 10.0 Å². The summed E-state index contributed by atoms with van der Waals surface area (Å²) in [7, 11) is -4.32. The maximum absolute atomic E-state index is 14.7. The predicted molar refractivity (Wildman–Crippen MR) is 111 cm³/mol. The van der Waals surface area contributed by atoms with Crippen molar-refractivity contribution < 1.29 is 17.2 Å². The number of benzene rings is 2. The minimum absolute atomic E-state index is 0.173. The smallest absolute Gasteiger partial charge is 0.391 e. The molecule has 0 aliphatic heterocycles. The van der Waals surface area contributed by atoms with Crippen LogP contribution in [0.3, 0.4) is 0 Å². The molecule has 0 aliphatic rings. The third-order valence-corrected chi connectivity index (χ3v) is 6.78. The standard InChI is InChI=1S/C20H18ClFN4O4S/c1-10-4-6-15(22)17(11(10)2)12(3)18(19-24-25-20(27)30-19)26-31(28,29)16-7-5-14(21)8-13(16)9-23/h4-8,12,18,26H,1-3H3,(H,25,27)/t12-,18+/m1/s1. The average Bonchev–Trinajstić information content (AvgIpc) is 3.14. The van der Waals surface area contributed by atoms with E-state index < -0.39 is 33.6 Å². The molecule has 2 atom stereocenters. The van der Waals surface area contributed by atoms with Crippen LogP contribution in [0.15, 0.2) is 44.4 Å². The van der Waals surface area contributed by atoms with E-state index in [4.69, 9.17) is 16.0 Å². The zero-order chi connectivity index (χ0) is 22.9. The van der Waals surface area contributed by atoms with E-state index in [1.54, 1.807) is 32.9 Å². The topological polar surface area (TPSA) is 129 Å². The number of aryl methyl sites for hydroxylation is 1. The summed E-state index contributed by atoms with van der Waals surface area (Å²) in [6.07, 6.45) is 0. The Balaban J connectivity index is 2.13. The molecule has 0 amide bonds. The van der Waals surface area contributed by atoms with Crippen LogP contribution in [0.1, 0.15) is 47.0 Å². The Morgan fingerprint density at radius 2 is 2.00 bits per heavy atom. The SMILES string of the molecule is Cc1ccc(F)c([C@@H](C)[C@H](NS(=O)(=O)c2ccc(Cl)cc2C#N)c2n[nH]c(=O)o2)c1C. The number of halogens is 2. The second kappa shape index (κ2) is 8.63. The highest BCUT2D eigenvalue weighted by Crippen LogP contribution is 2.35. The molecular weight excluding hydrogens is 447 g/mol. The van der Waals surface area contributed by atoms with Crippen molar-refractivity contribution in [3.8, 4) is 6.07 Å². The lowest BCUT2D eigenvalue weighted by atomic mass is 9.88. The summed E-state index contributed by atoms with van der Waals surface area (Å²) in [4.78, 5) is 11.2. The van der Waals surface area contributed by atoms with Crippen LogP contribution in [-0.4, -0.2) is 18.6 Å². The van der Waals surface area contributed by atoms with Gasteiger partial charge in [0, 0.05) is 10.9 Å². The van der Waals surface area contributed by atoms with Crippen LogP contribution < -0.4 is 10.5 Å². The van der Waals surface area contributed by atoms with Gasteiger partial charge in [0.1, 0.15) is 17.9 Å². The molecule has 3 aromatic rings. The molecule has 0 aliphatic carbocycles. The van der Waals surface area contributed by atoms with Gasteiger partial charge in [-0.1, -0.05) is 24.6 Å². The van der Waals surface area contributed by atoms with Crippen molar-refractivity contribution in [1.82, 2.24) is 14.9 Å². The Labute approximate surface area is 182 Å². The summed E-state index contributed by atoms with van der Waals surface area (Å²) >= 11 is 5.86. The fourth-order valence-electron chi connectivity index (χ4n) is 3.33. The Morgan fingerprint density at radius 3 is 2.61 bits per heavy atom. The monoisotopic (exact) mass is 464 g/mol. The number of nitrogens with one attached hydrogen (secondary N) is 2. The number of hydrogen-bond acceptors (Lipinski definition) is 6. The van der Waals surface area contributed by atoms with E-state index in [1.807, 2.05) is 0 Å². The molecule has 0 saturated heterocycles. The van der Waals surface area contributed by atoms with Crippen LogP contribution >= 0.6 is 11.6 Å². The predicted octanol–water partition coefficient (Wildman–Crippen LogP) is 3.47. The number of nitriles is 1. The fourth-order valence-corrected chi connectivity index (χ4v) is 4.91. The molecular formula is C20H18ClFN4O4S. The van der Waals surface area contributed by atoms with Gasteiger partial charge >= 0.3 is 5.76 Å². The van der Waals surface area contributed by atoms with E-state index in [2.05, 4.69) is 14.9 Å². The number of sulfonamides is 1. The van der Waals surface area contributed by atoms with Gasteiger partial charge in [0.2, 0.25) is 15.9 Å². The van der Waals surface area contributed by atoms with Crippen LogP contribution in [0.5, 0.6) is 0 Å². The molecule has 2 N–H and O–H groups in total. The van der Waals surface area contributed by atoms with Crippen molar-refractivity contribution in [2.24, 2.45) is 0 Å². The highest BCUT2D eigenvalue weighted by Gasteiger charge is 2.34. The summed E-state index contributed by atoms with van der Waals surface area (Å²) in [5, 5.41) is 15.3. The molecule has 1 heterocycles. The van der Waals surface area contributed by atoms with Crippen molar-refractivity contribution >= 4 is 21.6 Å². The zero-order valence-electron chi connectivity index (χ0n) is 16.7. The van der Waals surface area contributed by atoms with Crippen molar-refractivity contribution in [2.75, 3.05) is 0 Å². The molecule has 8 nitrogen and oxygen atoms in total. The van der Waals surface area contributed by atoms with Crippen LogP contribution in [0.2, 0.25) is 5.02 Å². The van der Waals surface area contributed by atoms with E-state index in [0.29, 0.717) is 5.56 Å². The molecule has 31 heavy (non-hydrogen) atoms. The van der Waals surface area contributed by atoms with E-state index >= 15 is 0 Å². The molecule has 1 aromatic heterocycles. The average molecular weight is 465 g/mol. The van der Waals surface area contributed by atoms with Crippen LogP contribution in [0, 0.1) is 31.0 Å². The first-order valence-corrected chi connectivity index (χ1v) is 10.9. The number of rotatable bonds is 6. The third kappa shape index (κ3) is 4.54. The number of H-pyrrole nitrogens is 1. The summed E-state index contributed by atoms with van der Waals surface area (Å²) in [5.41, 5.74) is 1.50. The molecule has 0 fully saturated rings. The highest BCUT2D eigenvalue weighted by atomic mass is 35.5. The lowest BCUT2D eigenvalue weighted by Gasteiger charge is -2.25. The lowest BCUT2D eigenvalue weighted by Crippen LogP contribution is -2.33. The van der Waals surface area contributed by atoms with Gasteiger partial charge in [-0.05, 0) is 54.8 Å². The Kier molecular flexibility index (Phi) is 6.31. The molecule has 2 aromatic carbocycles. The minimum atomic E-state index is -4.32. The Hall–Kier alpha value is -3.00. The third-order valence-electron chi connectivity index (χ3n) is 5.04. The highest BCUT2D eigenvalue weighted by molar-refractivity contribution is 7.89. The molecule has 162 valence electrons. The minimum Gasteiger partial charge on any atom is -0.391 e. The first kappa shape index (κ1) is 22.7. The van der Waals surface area contributed by atoms with Crippen molar-refractivity contribution in [3.05, 3.63) is 79.9 Å². The van der Waals surface area contributed by atoms with Gasteiger partial charge in [-0.2, -0.15) is 9.98 Å². The van der Waals surface area contributed by atoms with E-state index in [1.165, 1.54) is 24.3 Å². The van der Waals surface area contributed by atoms with Gasteiger partial charge in [-0.25, -0.2) is 22.7 Å². The second-order valence-electron chi connectivity index (χ2n) is 6.99. The molecule has 0 unspecified atom stereocenters. The summed E-state index contributed by atoms with van der Waals surface area (Å²) in [5.74, 6) is -2.52. The van der Waals surface area contributed by atoms with E-state index in [9.17, 15) is 22.9 Å². The molecule has 0 radical (unpaired) electrons. The van der Waals surface area contributed by atoms with Gasteiger partial charge in [-0.3, -0.25) is 0 Å². The first-order valence-electron chi connectivity index (χ1n) is 9.08. The molecule has 0 bridgehead atoms. The summed E-state index contributed by atoms with van der Waals surface area (Å²) in [6.45, 7) is 5.09. The van der Waals surface area contributed by atoms with Gasteiger partial charge in [0.25, 0.3) is 0 Å². The number of aromatic amines is 1. The number of nitrogens with zero attached hydrogens (tertiary/aromatic N) is 2. The Bertz CT molecular complexity index is 1340. The van der Waals surface area contributed by atoms with Gasteiger partial charge < -0.3 is 4.42 Å². The van der Waals surface area contributed by atoms with Crippen molar-refractivity contribution in [2.45, 2.75) is 37.6 Å². The summed E-state index contributed by atoms with van der Waals surface area (Å²) in [6, 6.07) is 7.16. The second-order valence-corrected chi connectivity index (χ2v) is 9.11. The van der Waals surface area contributed by atoms with Crippen molar-refractivity contribution in [3.63, 3.8) is 0 Å². The largest absolute Gasteiger partial charge is 0.434 e. The fraction of sp³-hybridized carbons (Fsp3) is 0.250. The van der Waals surface area contributed by atoms with E-state index in [0.717, 1.165) is 5.56 Å². The number of aromatic nitrogens is 2. The zero-order valence-corrected chi connectivity index (χ0v) is 18.3. The summed E-state index contributed by atoms with van der Waals surface area (Å²) < 4.78 is 48.4. The quantitative estimate of drug-likeness (QED) is 0.574. The Morgan fingerprint density at radius 1 is 1.29 bits per heavy atom.